The number of hydrogen-bond donors (Lipinski definition) is 5. The highest BCUT2D eigenvalue weighted by Gasteiger charge is 2.45. The molecule has 2 aromatic carbocycles. The third-order valence-electron chi connectivity index (χ3n) is 6.07. The topological polar surface area (TPSA) is 152 Å². The number of aliphatic hydroxyl groups is 3. The largest absolute Gasteiger partial charge is 0.394 e. The van der Waals surface area contributed by atoms with E-state index in [1.54, 1.807) is 0 Å². The van der Waals surface area contributed by atoms with Gasteiger partial charge in [-0.2, -0.15) is 0 Å². The van der Waals surface area contributed by atoms with E-state index in [1.807, 2.05) is 12.1 Å². The van der Waals surface area contributed by atoms with Crippen LogP contribution in [0.25, 0.3) is 22.3 Å². The molecule has 1 aliphatic heterocycles. The lowest BCUT2D eigenvalue weighted by Crippen LogP contribution is -2.33. The Hall–Kier alpha value is -3.57. The van der Waals surface area contributed by atoms with Crippen molar-refractivity contribution < 1.29 is 20.1 Å². The van der Waals surface area contributed by atoms with E-state index in [0.717, 1.165) is 16.7 Å². The molecule has 0 saturated carbocycles. The first-order valence-corrected chi connectivity index (χ1v) is 11.0. The first-order valence-electron chi connectivity index (χ1n) is 11.0. The van der Waals surface area contributed by atoms with E-state index in [4.69, 9.17) is 10.5 Å². The van der Waals surface area contributed by atoms with E-state index in [2.05, 4.69) is 63.6 Å². The molecular formula is C24H26N6O4. The fourth-order valence-corrected chi connectivity index (χ4v) is 4.13. The number of anilines is 2. The number of imidazole rings is 1. The molecule has 34 heavy (non-hydrogen) atoms. The zero-order valence-electron chi connectivity index (χ0n) is 18.5. The van der Waals surface area contributed by atoms with Crippen molar-refractivity contribution in [3.05, 3.63) is 66.0 Å². The maximum absolute atomic E-state index is 10.6. The van der Waals surface area contributed by atoms with E-state index in [-0.39, 0.29) is 5.82 Å². The van der Waals surface area contributed by atoms with Gasteiger partial charge in [0.2, 0.25) is 5.95 Å². The Bertz CT molecular complexity index is 1290. The number of nitrogen functional groups attached to an aromatic ring is 1. The highest BCUT2D eigenvalue weighted by Crippen LogP contribution is 2.35. The van der Waals surface area contributed by atoms with Crippen molar-refractivity contribution in [3.63, 3.8) is 0 Å². The van der Waals surface area contributed by atoms with Crippen LogP contribution < -0.4 is 11.1 Å². The molecule has 3 heterocycles. The number of aryl methyl sites for hydroxylation is 1. The van der Waals surface area contributed by atoms with Crippen molar-refractivity contribution in [1.82, 2.24) is 19.5 Å². The van der Waals surface area contributed by atoms with Crippen LogP contribution in [0.4, 0.5) is 11.8 Å². The van der Waals surface area contributed by atoms with Crippen LogP contribution in [-0.2, 0) is 11.3 Å². The van der Waals surface area contributed by atoms with Gasteiger partial charge in [-0.05, 0) is 23.6 Å². The lowest BCUT2D eigenvalue weighted by molar-refractivity contribution is -0.0501. The fourth-order valence-electron chi connectivity index (χ4n) is 4.13. The molecule has 4 aromatic rings. The molecule has 2 aromatic heterocycles. The van der Waals surface area contributed by atoms with Crippen molar-refractivity contribution in [2.75, 3.05) is 17.7 Å². The van der Waals surface area contributed by atoms with Crippen molar-refractivity contribution in [2.24, 2.45) is 0 Å². The third kappa shape index (κ3) is 3.97. The number of aromatic nitrogens is 4. The van der Waals surface area contributed by atoms with Crippen LogP contribution in [0.3, 0.4) is 0 Å². The highest BCUT2D eigenvalue weighted by atomic mass is 16.6. The van der Waals surface area contributed by atoms with Crippen molar-refractivity contribution in [2.45, 2.75) is 38.0 Å². The number of fused-ring (bicyclic) bond motifs is 1. The average Bonchev–Trinajstić information content (AvgIpc) is 3.36. The summed E-state index contributed by atoms with van der Waals surface area (Å²) in [6, 6.07) is 16.5. The summed E-state index contributed by atoms with van der Waals surface area (Å²) in [4.78, 5) is 12.8. The van der Waals surface area contributed by atoms with Gasteiger partial charge in [0.05, 0.1) is 6.61 Å². The Balaban J connectivity index is 1.42. The number of rotatable bonds is 6. The number of benzene rings is 2. The summed E-state index contributed by atoms with van der Waals surface area (Å²) >= 11 is 0. The van der Waals surface area contributed by atoms with E-state index in [1.165, 1.54) is 16.5 Å². The number of aliphatic hydroxyl groups excluding tert-OH is 3. The van der Waals surface area contributed by atoms with Gasteiger partial charge in [-0.15, -0.1) is 0 Å². The second-order valence-corrected chi connectivity index (χ2v) is 8.38. The van der Waals surface area contributed by atoms with Crippen LogP contribution in [0.1, 0.15) is 17.4 Å². The monoisotopic (exact) mass is 462 g/mol. The molecule has 176 valence electrons. The van der Waals surface area contributed by atoms with Gasteiger partial charge in [0.15, 0.2) is 23.2 Å². The SMILES string of the molecule is Cc1ccc(-c2ccc(CNc3nc4c(N)ncnc4n3[C@@H]3O[C@H](CO)C(O)C3O)cc2)cc1. The van der Waals surface area contributed by atoms with Crippen molar-refractivity contribution in [1.29, 1.82) is 0 Å². The number of ether oxygens (including phenoxy) is 1. The quantitative estimate of drug-likeness (QED) is 0.288. The van der Waals surface area contributed by atoms with Gasteiger partial charge in [-0.3, -0.25) is 4.57 Å². The van der Waals surface area contributed by atoms with Crippen molar-refractivity contribution in [3.8, 4) is 11.1 Å². The maximum atomic E-state index is 10.6. The van der Waals surface area contributed by atoms with Crippen LogP contribution >= 0.6 is 0 Å². The molecule has 1 saturated heterocycles. The summed E-state index contributed by atoms with van der Waals surface area (Å²) in [6.45, 7) is 2.06. The first-order chi connectivity index (χ1) is 16.5. The summed E-state index contributed by atoms with van der Waals surface area (Å²) in [5.41, 5.74) is 11.2. The molecule has 0 bridgehead atoms. The fraction of sp³-hybridized carbons (Fsp3) is 0.292. The Morgan fingerprint density at radius 3 is 2.32 bits per heavy atom. The Morgan fingerprint density at radius 2 is 1.68 bits per heavy atom. The third-order valence-corrected chi connectivity index (χ3v) is 6.07. The average molecular weight is 463 g/mol. The summed E-state index contributed by atoms with van der Waals surface area (Å²) in [5, 5.41) is 33.6. The van der Waals surface area contributed by atoms with Gasteiger partial charge in [0.25, 0.3) is 0 Å². The maximum Gasteiger partial charge on any atom is 0.207 e. The zero-order chi connectivity index (χ0) is 23.8. The number of nitrogens with zero attached hydrogens (tertiary/aromatic N) is 4. The highest BCUT2D eigenvalue weighted by molar-refractivity contribution is 5.84. The lowest BCUT2D eigenvalue weighted by Gasteiger charge is -2.19. The molecular weight excluding hydrogens is 436 g/mol. The minimum atomic E-state index is -1.29. The molecule has 2 unspecified atom stereocenters. The molecule has 0 radical (unpaired) electrons. The van der Waals surface area contributed by atoms with Gasteiger partial charge in [0, 0.05) is 6.54 Å². The number of nitrogens with two attached hydrogens (primary N) is 1. The Kier molecular flexibility index (Phi) is 5.88. The van der Waals surface area contributed by atoms with Crippen LogP contribution in [0.2, 0.25) is 0 Å². The predicted molar refractivity (Wildman–Crippen MR) is 127 cm³/mol. The van der Waals surface area contributed by atoms with Crippen LogP contribution in [0.5, 0.6) is 0 Å². The van der Waals surface area contributed by atoms with Crippen LogP contribution in [-0.4, -0.2) is 59.8 Å². The van der Waals surface area contributed by atoms with Crippen LogP contribution in [0.15, 0.2) is 54.9 Å². The lowest BCUT2D eigenvalue weighted by atomic mass is 10.0. The van der Waals surface area contributed by atoms with Gasteiger partial charge in [0.1, 0.15) is 24.6 Å². The van der Waals surface area contributed by atoms with Gasteiger partial charge in [-0.25, -0.2) is 15.0 Å². The molecule has 10 heteroatoms. The zero-order valence-corrected chi connectivity index (χ0v) is 18.5. The second kappa shape index (κ2) is 8.99. The minimum absolute atomic E-state index is 0.181. The first kappa shape index (κ1) is 22.2. The van der Waals surface area contributed by atoms with E-state index < -0.39 is 31.1 Å². The Morgan fingerprint density at radius 1 is 1.00 bits per heavy atom. The molecule has 1 aliphatic rings. The summed E-state index contributed by atoms with van der Waals surface area (Å²) in [7, 11) is 0. The molecule has 4 atom stereocenters. The molecule has 10 nitrogen and oxygen atoms in total. The van der Waals surface area contributed by atoms with E-state index >= 15 is 0 Å². The molecule has 0 aliphatic carbocycles. The summed E-state index contributed by atoms with van der Waals surface area (Å²) < 4.78 is 7.26. The van der Waals surface area contributed by atoms with E-state index in [0.29, 0.717) is 23.7 Å². The van der Waals surface area contributed by atoms with Crippen molar-refractivity contribution >= 4 is 22.9 Å². The van der Waals surface area contributed by atoms with Gasteiger partial charge < -0.3 is 31.1 Å². The Labute approximate surface area is 195 Å². The van der Waals surface area contributed by atoms with Crippen LogP contribution in [0, 0.1) is 6.92 Å². The molecule has 5 rings (SSSR count). The molecule has 0 spiro atoms. The minimum Gasteiger partial charge on any atom is -0.394 e. The molecule has 0 amide bonds. The summed E-state index contributed by atoms with van der Waals surface area (Å²) in [6.07, 6.45) is -3.20. The smallest absolute Gasteiger partial charge is 0.207 e. The second-order valence-electron chi connectivity index (χ2n) is 8.38. The predicted octanol–water partition coefficient (Wildman–Crippen LogP) is 1.61. The van der Waals surface area contributed by atoms with Gasteiger partial charge in [-0.1, -0.05) is 54.1 Å². The molecule has 6 N–H and O–H groups in total. The van der Waals surface area contributed by atoms with Gasteiger partial charge >= 0.3 is 0 Å². The standard InChI is InChI=1S/C24H26N6O4/c1-13-2-6-15(7-3-13)16-8-4-14(5-9-16)10-26-24-29-18-21(25)27-12-28-22(18)30(24)23-20(33)19(32)17(11-31)34-23/h2-9,12,17,19-20,23,31-33H,10-11H2,1H3,(H,26,29)(H2,25,27,28)/t17-,19?,20?,23-/m1/s1. The molecule has 1 fully saturated rings. The van der Waals surface area contributed by atoms with E-state index in [9.17, 15) is 15.3 Å². The number of hydrogen-bond acceptors (Lipinski definition) is 9. The summed E-state index contributed by atoms with van der Waals surface area (Å²) in [5.74, 6) is 0.528. The number of nitrogens with one attached hydrogen (secondary N) is 1. The normalized spacial score (nSPS) is 22.4.